The van der Waals surface area contributed by atoms with Gasteiger partial charge in [0.15, 0.2) is 0 Å². The SMILES string of the molecule is O=C1NCCC[C@@H]1C1CCCCN1. The highest BCUT2D eigenvalue weighted by Crippen LogP contribution is 2.21. The molecule has 0 saturated carbocycles. The molecule has 2 saturated heterocycles. The van der Waals surface area contributed by atoms with Crippen molar-refractivity contribution in [2.45, 2.75) is 38.1 Å². The van der Waals surface area contributed by atoms with Gasteiger partial charge < -0.3 is 10.6 Å². The van der Waals surface area contributed by atoms with Crippen LogP contribution in [0.4, 0.5) is 0 Å². The van der Waals surface area contributed by atoms with Gasteiger partial charge in [0.05, 0.1) is 5.92 Å². The van der Waals surface area contributed by atoms with E-state index < -0.39 is 0 Å². The molecule has 2 rings (SSSR count). The van der Waals surface area contributed by atoms with Gasteiger partial charge in [0.25, 0.3) is 0 Å². The van der Waals surface area contributed by atoms with Crippen LogP contribution in [0.15, 0.2) is 0 Å². The van der Waals surface area contributed by atoms with E-state index in [9.17, 15) is 4.79 Å². The number of carbonyl (C=O) groups excluding carboxylic acids is 1. The molecule has 2 fully saturated rings. The zero-order valence-electron chi connectivity index (χ0n) is 8.01. The maximum Gasteiger partial charge on any atom is 0.224 e. The molecular weight excluding hydrogens is 164 g/mol. The summed E-state index contributed by atoms with van der Waals surface area (Å²) in [4.78, 5) is 11.5. The third kappa shape index (κ3) is 2.02. The summed E-state index contributed by atoms with van der Waals surface area (Å²) in [6.45, 7) is 1.97. The first-order chi connectivity index (χ1) is 6.38. The predicted octanol–water partition coefficient (Wildman–Crippen LogP) is 0.655. The number of hydrogen-bond acceptors (Lipinski definition) is 2. The van der Waals surface area contributed by atoms with Crippen molar-refractivity contribution in [3.8, 4) is 0 Å². The highest BCUT2D eigenvalue weighted by molar-refractivity contribution is 5.80. The second kappa shape index (κ2) is 4.09. The second-order valence-corrected chi connectivity index (χ2v) is 4.10. The Labute approximate surface area is 79.3 Å². The van der Waals surface area contributed by atoms with Gasteiger partial charge in [0.2, 0.25) is 5.91 Å². The standard InChI is InChI=1S/C10H18N2O/c13-10-8(4-3-7-12-10)9-5-1-2-6-11-9/h8-9,11H,1-7H2,(H,12,13)/t8-,9?/m1/s1. The number of nitrogens with one attached hydrogen (secondary N) is 2. The topological polar surface area (TPSA) is 41.1 Å². The van der Waals surface area contributed by atoms with Crippen LogP contribution in [0.25, 0.3) is 0 Å². The predicted molar refractivity (Wildman–Crippen MR) is 51.4 cm³/mol. The summed E-state index contributed by atoms with van der Waals surface area (Å²) in [5.41, 5.74) is 0. The Bertz CT molecular complexity index is 187. The van der Waals surface area contributed by atoms with E-state index in [2.05, 4.69) is 10.6 Å². The lowest BCUT2D eigenvalue weighted by molar-refractivity contribution is -0.127. The summed E-state index contributed by atoms with van der Waals surface area (Å²) in [6.07, 6.45) is 5.95. The fourth-order valence-electron chi connectivity index (χ4n) is 2.40. The van der Waals surface area contributed by atoms with E-state index in [-0.39, 0.29) is 11.8 Å². The van der Waals surface area contributed by atoms with E-state index >= 15 is 0 Å². The molecule has 0 aromatic rings. The van der Waals surface area contributed by atoms with Crippen LogP contribution in [0, 0.1) is 5.92 Å². The Morgan fingerprint density at radius 3 is 2.69 bits per heavy atom. The molecule has 1 amide bonds. The van der Waals surface area contributed by atoms with Crippen LogP contribution in [0.5, 0.6) is 0 Å². The third-order valence-electron chi connectivity index (χ3n) is 3.16. The minimum atomic E-state index is 0.244. The molecule has 2 aliphatic rings. The molecule has 0 aliphatic carbocycles. The first kappa shape index (κ1) is 9.00. The lowest BCUT2D eigenvalue weighted by Gasteiger charge is -2.32. The van der Waals surface area contributed by atoms with Gasteiger partial charge in [-0.1, -0.05) is 6.42 Å². The Balaban J connectivity index is 1.92. The molecule has 0 aromatic heterocycles. The molecule has 2 heterocycles. The Hall–Kier alpha value is -0.570. The Kier molecular flexibility index (Phi) is 2.83. The van der Waals surface area contributed by atoms with Crippen LogP contribution in [-0.2, 0) is 4.79 Å². The molecule has 1 unspecified atom stereocenters. The lowest BCUT2D eigenvalue weighted by Crippen LogP contribution is -2.49. The van der Waals surface area contributed by atoms with Crippen LogP contribution >= 0.6 is 0 Å². The quantitative estimate of drug-likeness (QED) is 0.625. The van der Waals surface area contributed by atoms with Crippen molar-refractivity contribution in [3.63, 3.8) is 0 Å². The molecule has 0 spiro atoms. The van der Waals surface area contributed by atoms with Crippen molar-refractivity contribution in [2.75, 3.05) is 13.1 Å². The average molecular weight is 182 g/mol. The Morgan fingerprint density at radius 1 is 1.08 bits per heavy atom. The molecule has 3 nitrogen and oxygen atoms in total. The summed E-state index contributed by atoms with van der Waals surface area (Å²) in [5, 5.41) is 6.41. The van der Waals surface area contributed by atoms with Gasteiger partial charge in [-0.3, -0.25) is 4.79 Å². The van der Waals surface area contributed by atoms with E-state index in [1.54, 1.807) is 0 Å². The van der Waals surface area contributed by atoms with Crippen molar-refractivity contribution in [1.82, 2.24) is 10.6 Å². The second-order valence-electron chi connectivity index (χ2n) is 4.10. The monoisotopic (exact) mass is 182 g/mol. The first-order valence-electron chi connectivity index (χ1n) is 5.39. The van der Waals surface area contributed by atoms with E-state index in [4.69, 9.17) is 0 Å². The summed E-state index contributed by atoms with van der Waals surface area (Å²) >= 11 is 0. The van der Waals surface area contributed by atoms with Crippen molar-refractivity contribution < 1.29 is 4.79 Å². The zero-order chi connectivity index (χ0) is 9.10. The summed E-state index contributed by atoms with van der Waals surface area (Å²) in [5.74, 6) is 0.514. The van der Waals surface area contributed by atoms with Crippen LogP contribution in [-0.4, -0.2) is 25.0 Å². The summed E-state index contributed by atoms with van der Waals surface area (Å²) in [6, 6.07) is 0.453. The number of hydrogen-bond donors (Lipinski definition) is 2. The summed E-state index contributed by atoms with van der Waals surface area (Å²) < 4.78 is 0. The molecule has 3 heteroatoms. The van der Waals surface area contributed by atoms with E-state index in [0.29, 0.717) is 6.04 Å². The van der Waals surface area contributed by atoms with Crippen LogP contribution < -0.4 is 10.6 Å². The largest absolute Gasteiger partial charge is 0.356 e. The van der Waals surface area contributed by atoms with Crippen molar-refractivity contribution >= 4 is 5.91 Å². The highest BCUT2D eigenvalue weighted by Gasteiger charge is 2.30. The van der Waals surface area contributed by atoms with Crippen molar-refractivity contribution in [1.29, 1.82) is 0 Å². The fourth-order valence-corrected chi connectivity index (χ4v) is 2.40. The lowest BCUT2D eigenvalue weighted by atomic mass is 9.86. The van der Waals surface area contributed by atoms with Crippen LogP contribution in [0.1, 0.15) is 32.1 Å². The fraction of sp³-hybridized carbons (Fsp3) is 0.900. The van der Waals surface area contributed by atoms with E-state index in [1.165, 1.54) is 19.3 Å². The number of piperidine rings is 2. The number of rotatable bonds is 1. The minimum Gasteiger partial charge on any atom is -0.356 e. The first-order valence-corrected chi connectivity index (χ1v) is 5.39. The molecule has 0 aromatic carbocycles. The average Bonchev–Trinajstić information content (AvgIpc) is 2.20. The molecule has 2 N–H and O–H groups in total. The Morgan fingerprint density at radius 2 is 2.00 bits per heavy atom. The number of amides is 1. The minimum absolute atomic E-state index is 0.244. The maximum atomic E-state index is 11.5. The van der Waals surface area contributed by atoms with Gasteiger partial charge >= 0.3 is 0 Å². The zero-order valence-corrected chi connectivity index (χ0v) is 8.01. The molecular formula is C10H18N2O. The van der Waals surface area contributed by atoms with Crippen molar-refractivity contribution in [2.24, 2.45) is 5.92 Å². The van der Waals surface area contributed by atoms with Crippen LogP contribution in [0.2, 0.25) is 0 Å². The van der Waals surface area contributed by atoms with Gasteiger partial charge in [-0.2, -0.15) is 0 Å². The van der Waals surface area contributed by atoms with Gasteiger partial charge in [-0.05, 0) is 32.2 Å². The van der Waals surface area contributed by atoms with Crippen molar-refractivity contribution in [3.05, 3.63) is 0 Å². The molecule has 13 heavy (non-hydrogen) atoms. The van der Waals surface area contributed by atoms with Gasteiger partial charge in [0, 0.05) is 12.6 Å². The molecule has 74 valence electrons. The van der Waals surface area contributed by atoms with Gasteiger partial charge in [-0.25, -0.2) is 0 Å². The van der Waals surface area contributed by atoms with E-state index in [0.717, 1.165) is 25.9 Å². The molecule has 2 aliphatic heterocycles. The molecule has 2 atom stereocenters. The smallest absolute Gasteiger partial charge is 0.224 e. The van der Waals surface area contributed by atoms with Gasteiger partial charge in [-0.15, -0.1) is 0 Å². The van der Waals surface area contributed by atoms with E-state index in [1.807, 2.05) is 0 Å². The molecule has 0 bridgehead atoms. The summed E-state index contributed by atoms with van der Waals surface area (Å²) in [7, 11) is 0. The van der Waals surface area contributed by atoms with Gasteiger partial charge in [0.1, 0.15) is 0 Å². The molecule has 0 radical (unpaired) electrons. The number of carbonyl (C=O) groups is 1. The third-order valence-corrected chi connectivity index (χ3v) is 3.16. The maximum absolute atomic E-state index is 11.5. The van der Waals surface area contributed by atoms with Crippen LogP contribution in [0.3, 0.4) is 0 Å². The normalized spacial score (nSPS) is 35.5. The highest BCUT2D eigenvalue weighted by atomic mass is 16.2.